The van der Waals surface area contributed by atoms with Crippen LogP contribution in [0.1, 0.15) is 12.5 Å². The smallest absolute Gasteiger partial charge is 0.234 e. The van der Waals surface area contributed by atoms with Crippen LogP contribution in [0.25, 0.3) is 0 Å². The summed E-state index contributed by atoms with van der Waals surface area (Å²) in [6.07, 6.45) is 3.69. The van der Waals surface area contributed by atoms with E-state index in [1.165, 1.54) is 0 Å². The summed E-state index contributed by atoms with van der Waals surface area (Å²) >= 11 is 0. The van der Waals surface area contributed by atoms with Crippen molar-refractivity contribution in [2.24, 2.45) is 0 Å². The molecule has 0 saturated carbocycles. The highest BCUT2D eigenvalue weighted by Gasteiger charge is 2.21. The second-order valence-corrected chi connectivity index (χ2v) is 5.82. The Balaban J connectivity index is 1.51. The summed E-state index contributed by atoms with van der Waals surface area (Å²) in [7, 11) is 0. The minimum atomic E-state index is 0.0312. The summed E-state index contributed by atoms with van der Waals surface area (Å²) < 4.78 is 7.72. The Kier molecular flexibility index (Phi) is 4.92. The Morgan fingerprint density at radius 3 is 3.09 bits per heavy atom. The van der Waals surface area contributed by atoms with Gasteiger partial charge in [-0.1, -0.05) is 18.2 Å². The van der Waals surface area contributed by atoms with Gasteiger partial charge in [-0.2, -0.15) is 5.10 Å². The molecule has 0 aliphatic carbocycles. The lowest BCUT2D eigenvalue weighted by Gasteiger charge is -2.21. The van der Waals surface area contributed by atoms with E-state index in [-0.39, 0.29) is 12.0 Å². The van der Waals surface area contributed by atoms with Gasteiger partial charge in [-0.25, -0.2) is 0 Å². The molecule has 0 saturated heterocycles. The third kappa shape index (κ3) is 4.32. The Hall–Kier alpha value is -2.34. The van der Waals surface area contributed by atoms with Gasteiger partial charge in [0.1, 0.15) is 11.9 Å². The fourth-order valence-corrected chi connectivity index (χ4v) is 2.79. The molecule has 0 fully saturated rings. The summed E-state index contributed by atoms with van der Waals surface area (Å²) in [6, 6.07) is 9.89. The molecule has 1 N–H and O–H groups in total. The zero-order valence-corrected chi connectivity index (χ0v) is 13.3. The fourth-order valence-electron chi connectivity index (χ4n) is 2.79. The number of benzene rings is 1. The van der Waals surface area contributed by atoms with Crippen LogP contribution in [0.4, 0.5) is 0 Å². The number of hydrogen-bond acceptors (Lipinski definition) is 4. The number of hydrogen-bond donors (Lipinski definition) is 1. The normalized spacial score (nSPS) is 17.9. The molecule has 6 heteroatoms. The van der Waals surface area contributed by atoms with E-state index in [0.717, 1.165) is 24.4 Å². The van der Waals surface area contributed by atoms with Crippen LogP contribution < -0.4 is 10.1 Å². The van der Waals surface area contributed by atoms with Crippen molar-refractivity contribution in [3.05, 3.63) is 48.3 Å². The number of para-hydroxylation sites is 1. The first kappa shape index (κ1) is 15.6. The highest BCUT2D eigenvalue weighted by atomic mass is 16.5. The fraction of sp³-hybridized carbons (Fsp3) is 0.412. The summed E-state index contributed by atoms with van der Waals surface area (Å²) in [5, 5.41) is 7.06. The van der Waals surface area contributed by atoms with Gasteiger partial charge < -0.3 is 10.1 Å². The van der Waals surface area contributed by atoms with Crippen LogP contribution in [0.3, 0.4) is 0 Å². The quantitative estimate of drug-likeness (QED) is 0.903. The number of amides is 1. The zero-order valence-electron chi connectivity index (χ0n) is 13.3. The Labute approximate surface area is 136 Å². The molecule has 0 spiro atoms. The van der Waals surface area contributed by atoms with E-state index in [2.05, 4.69) is 21.4 Å². The van der Waals surface area contributed by atoms with Crippen molar-refractivity contribution in [3.8, 4) is 5.75 Å². The topological polar surface area (TPSA) is 59.4 Å². The number of ether oxygens (including phenoxy) is 1. The van der Waals surface area contributed by atoms with Crippen LogP contribution in [0.2, 0.25) is 0 Å². The van der Waals surface area contributed by atoms with Crippen LogP contribution in [-0.2, 0) is 17.9 Å². The third-order valence-electron chi connectivity index (χ3n) is 3.80. The van der Waals surface area contributed by atoms with Crippen molar-refractivity contribution in [1.29, 1.82) is 0 Å². The first-order chi connectivity index (χ1) is 11.2. The Morgan fingerprint density at radius 1 is 1.39 bits per heavy atom. The number of rotatable bonds is 5. The summed E-state index contributed by atoms with van der Waals surface area (Å²) in [5.41, 5.74) is 1.13. The summed E-state index contributed by atoms with van der Waals surface area (Å²) in [5.74, 6) is 0.949. The maximum Gasteiger partial charge on any atom is 0.234 e. The number of carbonyl (C=O) groups is 1. The molecule has 2 aromatic rings. The van der Waals surface area contributed by atoms with Crippen LogP contribution in [0.5, 0.6) is 5.75 Å². The van der Waals surface area contributed by atoms with Crippen LogP contribution in [0.15, 0.2) is 42.7 Å². The van der Waals surface area contributed by atoms with Gasteiger partial charge in [-0.05, 0) is 19.1 Å². The highest BCUT2D eigenvalue weighted by molar-refractivity contribution is 5.78. The van der Waals surface area contributed by atoms with Gasteiger partial charge in [0.25, 0.3) is 0 Å². The van der Waals surface area contributed by atoms with E-state index in [1.807, 2.05) is 37.4 Å². The van der Waals surface area contributed by atoms with E-state index >= 15 is 0 Å². The van der Waals surface area contributed by atoms with Crippen molar-refractivity contribution >= 4 is 5.91 Å². The standard InChI is InChI=1S/C17H22N4O2/c1-14-11-20(12-15-5-2-3-6-16(15)23-14)13-17(22)18-8-10-21-9-4-7-19-21/h2-7,9,14H,8,10-13H2,1H3,(H,18,22). The average molecular weight is 314 g/mol. The number of carbonyl (C=O) groups excluding carboxylic acids is 1. The van der Waals surface area contributed by atoms with Gasteiger partial charge in [-0.3, -0.25) is 14.4 Å². The molecular weight excluding hydrogens is 292 g/mol. The number of fused-ring (bicyclic) bond motifs is 1. The second kappa shape index (κ2) is 7.28. The van der Waals surface area contributed by atoms with Gasteiger partial charge >= 0.3 is 0 Å². The van der Waals surface area contributed by atoms with Gasteiger partial charge in [-0.15, -0.1) is 0 Å². The van der Waals surface area contributed by atoms with Crippen molar-refractivity contribution in [2.45, 2.75) is 26.1 Å². The van der Waals surface area contributed by atoms with Gasteiger partial charge in [0, 0.05) is 37.6 Å². The minimum absolute atomic E-state index is 0.0312. The maximum atomic E-state index is 12.1. The first-order valence-electron chi connectivity index (χ1n) is 7.92. The molecule has 3 rings (SSSR count). The lowest BCUT2D eigenvalue weighted by molar-refractivity contribution is -0.122. The molecule has 23 heavy (non-hydrogen) atoms. The van der Waals surface area contributed by atoms with Crippen LogP contribution in [-0.4, -0.2) is 46.3 Å². The lowest BCUT2D eigenvalue weighted by atomic mass is 10.2. The Bertz CT molecular complexity index is 642. The van der Waals surface area contributed by atoms with Gasteiger partial charge in [0.15, 0.2) is 0 Å². The maximum absolute atomic E-state index is 12.1. The largest absolute Gasteiger partial charge is 0.489 e. The minimum Gasteiger partial charge on any atom is -0.489 e. The van der Waals surface area contributed by atoms with E-state index in [1.54, 1.807) is 10.9 Å². The molecule has 6 nitrogen and oxygen atoms in total. The van der Waals surface area contributed by atoms with Crippen molar-refractivity contribution in [2.75, 3.05) is 19.6 Å². The van der Waals surface area contributed by atoms with Gasteiger partial charge in [0.05, 0.1) is 13.1 Å². The van der Waals surface area contributed by atoms with E-state index in [0.29, 0.717) is 19.6 Å². The van der Waals surface area contributed by atoms with E-state index in [4.69, 9.17) is 4.74 Å². The molecular formula is C17H22N4O2. The third-order valence-corrected chi connectivity index (χ3v) is 3.80. The molecule has 1 aliphatic rings. The molecule has 1 aromatic heterocycles. The molecule has 1 amide bonds. The Morgan fingerprint density at radius 2 is 2.26 bits per heavy atom. The number of aromatic nitrogens is 2. The van der Waals surface area contributed by atoms with Crippen molar-refractivity contribution < 1.29 is 9.53 Å². The first-order valence-corrected chi connectivity index (χ1v) is 7.92. The average Bonchev–Trinajstić information content (AvgIpc) is 2.96. The van der Waals surface area contributed by atoms with Crippen LogP contribution in [0, 0.1) is 0 Å². The van der Waals surface area contributed by atoms with Crippen molar-refractivity contribution in [1.82, 2.24) is 20.0 Å². The molecule has 0 bridgehead atoms. The molecule has 122 valence electrons. The molecule has 1 unspecified atom stereocenters. The molecule has 1 atom stereocenters. The monoisotopic (exact) mass is 314 g/mol. The number of nitrogens with one attached hydrogen (secondary N) is 1. The SMILES string of the molecule is CC1CN(CC(=O)NCCn2cccn2)Cc2ccccc2O1. The molecule has 1 aromatic carbocycles. The molecule has 2 heterocycles. The highest BCUT2D eigenvalue weighted by Crippen LogP contribution is 2.24. The predicted molar refractivity (Wildman–Crippen MR) is 87.0 cm³/mol. The van der Waals surface area contributed by atoms with Crippen molar-refractivity contribution in [3.63, 3.8) is 0 Å². The number of nitrogens with zero attached hydrogens (tertiary/aromatic N) is 3. The molecule has 0 radical (unpaired) electrons. The molecule has 1 aliphatic heterocycles. The van der Waals surface area contributed by atoms with E-state index in [9.17, 15) is 4.79 Å². The zero-order chi connectivity index (χ0) is 16.1. The second-order valence-electron chi connectivity index (χ2n) is 5.82. The lowest BCUT2D eigenvalue weighted by Crippen LogP contribution is -2.40. The predicted octanol–water partition coefficient (Wildman–Crippen LogP) is 1.28. The van der Waals surface area contributed by atoms with Gasteiger partial charge in [0.2, 0.25) is 5.91 Å². The van der Waals surface area contributed by atoms with Crippen LogP contribution >= 0.6 is 0 Å². The summed E-state index contributed by atoms with van der Waals surface area (Å²) in [6.45, 7) is 5.14. The van der Waals surface area contributed by atoms with E-state index < -0.39 is 0 Å². The summed E-state index contributed by atoms with van der Waals surface area (Å²) in [4.78, 5) is 14.3.